The summed E-state index contributed by atoms with van der Waals surface area (Å²) in [6.45, 7) is 6.01. The monoisotopic (exact) mass is 239 g/mol. The minimum atomic E-state index is -0.906. The van der Waals surface area contributed by atoms with Gasteiger partial charge in [-0.3, -0.25) is 0 Å². The van der Waals surface area contributed by atoms with Crippen molar-refractivity contribution in [2.45, 2.75) is 26.8 Å². The number of hydrogen-bond donors (Lipinski definition) is 2. The number of anilines is 1. The van der Waals surface area contributed by atoms with E-state index in [1.165, 1.54) is 6.33 Å². The Morgan fingerprint density at radius 3 is 2.76 bits per heavy atom. The number of ether oxygens (including phenoxy) is 1. The third kappa shape index (κ3) is 3.90. The molecule has 0 aromatic carbocycles. The Hall–Kier alpha value is -1.85. The molecule has 1 aromatic rings. The van der Waals surface area contributed by atoms with Crippen LogP contribution >= 0.6 is 0 Å². The van der Waals surface area contributed by atoms with E-state index in [1.54, 1.807) is 6.07 Å². The van der Waals surface area contributed by atoms with Crippen LogP contribution in [-0.4, -0.2) is 33.7 Å². The van der Waals surface area contributed by atoms with Gasteiger partial charge in [0.05, 0.1) is 6.61 Å². The summed E-state index contributed by atoms with van der Waals surface area (Å²) >= 11 is 0. The zero-order valence-electron chi connectivity index (χ0n) is 10.2. The van der Waals surface area contributed by atoms with Gasteiger partial charge < -0.3 is 15.2 Å². The first-order valence-electron chi connectivity index (χ1n) is 5.48. The van der Waals surface area contributed by atoms with E-state index in [0.717, 1.165) is 0 Å². The molecule has 1 rings (SSSR count). The molecule has 1 unspecified atom stereocenters. The molecule has 6 heteroatoms. The van der Waals surface area contributed by atoms with E-state index in [1.807, 2.05) is 20.8 Å². The normalized spacial score (nSPS) is 12.2. The highest BCUT2D eigenvalue weighted by molar-refractivity contribution is 5.77. The molecule has 1 atom stereocenters. The number of carboxylic acid groups (broad SMARTS) is 1. The molecule has 94 valence electrons. The molecule has 0 aliphatic heterocycles. The van der Waals surface area contributed by atoms with Gasteiger partial charge in [0.15, 0.2) is 0 Å². The van der Waals surface area contributed by atoms with Gasteiger partial charge in [0.2, 0.25) is 5.88 Å². The number of aliphatic carboxylic acids is 1. The lowest BCUT2D eigenvalue weighted by Gasteiger charge is -2.18. The van der Waals surface area contributed by atoms with Crippen LogP contribution in [0.2, 0.25) is 0 Å². The topological polar surface area (TPSA) is 84.3 Å². The van der Waals surface area contributed by atoms with Gasteiger partial charge >= 0.3 is 5.97 Å². The lowest BCUT2D eigenvalue weighted by atomic mass is 10.1. The number of nitrogens with one attached hydrogen (secondary N) is 1. The molecule has 0 bridgehead atoms. The highest BCUT2D eigenvalue weighted by Gasteiger charge is 2.21. The van der Waals surface area contributed by atoms with E-state index in [0.29, 0.717) is 18.3 Å². The average molecular weight is 239 g/mol. The van der Waals surface area contributed by atoms with Crippen molar-refractivity contribution in [3.05, 3.63) is 12.4 Å². The number of rotatable bonds is 6. The summed E-state index contributed by atoms with van der Waals surface area (Å²) in [4.78, 5) is 18.9. The maximum absolute atomic E-state index is 11.0. The van der Waals surface area contributed by atoms with Crippen LogP contribution in [0.3, 0.4) is 0 Å². The van der Waals surface area contributed by atoms with Crippen molar-refractivity contribution in [3.63, 3.8) is 0 Å². The molecule has 1 heterocycles. The van der Waals surface area contributed by atoms with Crippen molar-refractivity contribution >= 4 is 11.8 Å². The zero-order chi connectivity index (χ0) is 12.8. The Kier molecular flexibility index (Phi) is 4.68. The van der Waals surface area contributed by atoms with Gasteiger partial charge in [0.25, 0.3) is 0 Å². The molecular weight excluding hydrogens is 222 g/mol. The fraction of sp³-hybridized carbons (Fsp3) is 0.545. The van der Waals surface area contributed by atoms with E-state index < -0.39 is 12.0 Å². The third-order valence-electron chi connectivity index (χ3n) is 2.17. The molecule has 0 aliphatic rings. The summed E-state index contributed by atoms with van der Waals surface area (Å²) in [6, 6.07) is 0.904. The minimum absolute atomic E-state index is 0.0435. The summed E-state index contributed by atoms with van der Waals surface area (Å²) in [7, 11) is 0. The predicted octanol–water partition coefficient (Wildman–Crippen LogP) is 1.40. The second-order valence-electron chi connectivity index (χ2n) is 3.88. The highest BCUT2D eigenvalue weighted by Crippen LogP contribution is 2.14. The lowest BCUT2D eigenvalue weighted by Crippen LogP contribution is -2.34. The highest BCUT2D eigenvalue weighted by atomic mass is 16.5. The maximum Gasteiger partial charge on any atom is 0.326 e. The Balaban J connectivity index is 2.78. The number of carboxylic acids is 1. The van der Waals surface area contributed by atoms with Crippen molar-refractivity contribution < 1.29 is 14.6 Å². The molecule has 0 fully saturated rings. The van der Waals surface area contributed by atoms with Crippen molar-refractivity contribution in [1.29, 1.82) is 0 Å². The van der Waals surface area contributed by atoms with E-state index in [4.69, 9.17) is 9.84 Å². The summed E-state index contributed by atoms with van der Waals surface area (Å²) < 4.78 is 5.21. The number of nitrogens with zero attached hydrogens (tertiary/aromatic N) is 2. The van der Waals surface area contributed by atoms with E-state index in [-0.39, 0.29) is 5.92 Å². The summed E-state index contributed by atoms with van der Waals surface area (Å²) in [5, 5.41) is 11.9. The quantitative estimate of drug-likeness (QED) is 0.780. The van der Waals surface area contributed by atoms with Crippen molar-refractivity contribution in [2.75, 3.05) is 11.9 Å². The van der Waals surface area contributed by atoms with Crippen LogP contribution in [0.5, 0.6) is 5.88 Å². The molecule has 2 N–H and O–H groups in total. The van der Waals surface area contributed by atoms with Gasteiger partial charge in [0.1, 0.15) is 18.2 Å². The first kappa shape index (κ1) is 13.2. The SMILES string of the molecule is CCOc1cc(NC(C(=O)O)C(C)C)ncn1. The standard InChI is InChI=1S/C11H17N3O3/c1-4-17-9-5-8(12-6-13-9)14-10(7(2)3)11(15)16/h5-7,10H,4H2,1-3H3,(H,15,16)(H,12,13,14). The van der Waals surface area contributed by atoms with Crippen LogP contribution in [0.15, 0.2) is 12.4 Å². The van der Waals surface area contributed by atoms with Crippen LogP contribution in [0.1, 0.15) is 20.8 Å². The van der Waals surface area contributed by atoms with Crippen LogP contribution < -0.4 is 10.1 Å². The van der Waals surface area contributed by atoms with Gasteiger partial charge in [-0.1, -0.05) is 13.8 Å². The van der Waals surface area contributed by atoms with Gasteiger partial charge in [-0.2, -0.15) is 0 Å². The average Bonchev–Trinajstić information content (AvgIpc) is 2.26. The van der Waals surface area contributed by atoms with E-state index in [2.05, 4.69) is 15.3 Å². The smallest absolute Gasteiger partial charge is 0.326 e. The second kappa shape index (κ2) is 6.03. The number of carbonyl (C=O) groups is 1. The van der Waals surface area contributed by atoms with Crippen molar-refractivity contribution in [3.8, 4) is 5.88 Å². The Morgan fingerprint density at radius 2 is 2.24 bits per heavy atom. The molecule has 0 spiro atoms. The lowest BCUT2D eigenvalue weighted by molar-refractivity contribution is -0.138. The number of aromatic nitrogens is 2. The first-order chi connectivity index (χ1) is 8.04. The fourth-order valence-corrected chi connectivity index (χ4v) is 1.32. The van der Waals surface area contributed by atoms with Gasteiger partial charge in [-0.15, -0.1) is 0 Å². The third-order valence-corrected chi connectivity index (χ3v) is 2.17. The summed E-state index contributed by atoms with van der Waals surface area (Å²) in [6.07, 6.45) is 1.34. The van der Waals surface area contributed by atoms with Crippen molar-refractivity contribution in [1.82, 2.24) is 9.97 Å². The second-order valence-corrected chi connectivity index (χ2v) is 3.88. The van der Waals surface area contributed by atoms with Gasteiger partial charge in [-0.05, 0) is 12.8 Å². The molecule has 0 saturated heterocycles. The van der Waals surface area contributed by atoms with Crippen LogP contribution in [0, 0.1) is 5.92 Å². The Labute approximate surface area is 100 Å². The Morgan fingerprint density at radius 1 is 1.53 bits per heavy atom. The maximum atomic E-state index is 11.0. The molecule has 17 heavy (non-hydrogen) atoms. The van der Waals surface area contributed by atoms with Crippen LogP contribution in [-0.2, 0) is 4.79 Å². The molecule has 1 aromatic heterocycles. The molecule has 0 saturated carbocycles. The Bertz CT molecular complexity index is 382. The molecule has 0 radical (unpaired) electrons. The predicted molar refractivity (Wildman–Crippen MR) is 63.1 cm³/mol. The first-order valence-corrected chi connectivity index (χ1v) is 5.48. The summed E-state index contributed by atoms with van der Waals surface area (Å²) in [5.74, 6) is -0.0722. The molecule has 6 nitrogen and oxygen atoms in total. The molecule has 0 amide bonds. The van der Waals surface area contributed by atoms with Crippen LogP contribution in [0.4, 0.5) is 5.82 Å². The fourth-order valence-electron chi connectivity index (χ4n) is 1.32. The van der Waals surface area contributed by atoms with Gasteiger partial charge in [-0.25, -0.2) is 14.8 Å². The molecular formula is C11H17N3O3. The number of hydrogen-bond acceptors (Lipinski definition) is 5. The summed E-state index contributed by atoms with van der Waals surface area (Å²) in [5.41, 5.74) is 0. The minimum Gasteiger partial charge on any atom is -0.480 e. The zero-order valence-corrected chi connectivity index (χ0v) is 10.2. The van der Waals surface area contributed by atoms with E-state index in [9.17, 15) is 4.79 Å². The van der Waals surface area contributed by atoms with Crippen LogP contribution in [0.25, 0.3) is 0 Å². The molecule has 0 aliphatic carbocycles. The van der Waals surface area contributed by atoms with Crippen molar-refractivity contribution in [2.24, 2.45) is 5.92 Å². The van der Waals surface area contributed by atoms with E-state index >= 15 is 0 Å². The largest absolute Gasteiger partial charge is 0.480 e. The van der Waals surface area contributed by atoms with Gasteiger partial charge in [0, 0.05) is 6.07 Å².